The maximum absolute atomic E-state index is 11.9. The van der Waals surface area contributed by atoms with Gasteiger partial charge in [0, 0.05) is 11.5 Å². The van der Waals surface area contributed by atoms with Gasteiger partial charge < -0.3 is 14.9 Å². The molecule has 0 saturated heterocycles. The normalized spacial score (nSPS) is 19.0. The highest BCUT2D eigenvalue weighted by Crippen LogP contribution is 2.42. The van der Waals surface area contributed by atoms with Crippen LogP contribution in [0.4, 0.5) is 4.79 Å². The number of aliphatic carboxylic acids is 1. The van der Waals surface area contributed by atoms with Crippen LogP contribution in [0.15, 0.2) is 30.3 Å². The lowest BCUT2D eigenvalue weighted by atomic mass is 9.73. The number of ether oxygens (including phenoxy) is 1. The van der Waals surface area contributed by atoms with E-state index in [1.807, 2.05) is 0 Å². The summed E-state index contributed by atoms with van der Waals surface area (Å²) in [4.78, 5) is 22.9. The van der Waals surface area contributed by atoms with Crippen molar-refractivity contribution in [3.05, 3.63) is 35.9 Å². The quantitative estimate of drug-likeness (QED) is 0.826. The van der Waals surface area contributed by atoms with Crippen molar-refractivity contribution in [3.8, 4) is 0 Å². The molecule has 1 aliphatic rings. The molecule has 20 heavy (non-hydrogen) atoms. The Kier molecular flexibility index (Phi) is 4.27. The second-order valence-electron chi connectivity index (χ2n) is 5.11. The molecule has 1 aromatic rings. The highest BCUT2D eigenvalue weighted by Gasteiger charge is 2.51. The fraction of sp³-hybridized carbons (Fsp3) is 0.467. The van der Waals surface area contributed by atoms with Crippen LogP contribution in [0.5, 0.6) is 0 Å². The largest absolute Gasteiger partial charge is 0.507 e. The fourth-order valence-corrected chi connectivity index (χ4v) is 3.05. The van der Waals surface area contributed by atoms with Crippen LogP contribution in [0.25, 0.3) is 0 Å². The Labute approximate surface area is 117 Å². The van der Waals surface area contributed by atoms with Gasteiger partial charge in [0.05, 0.1) is 0 Å². The van der Waals surface area contributed by atoms with Crippen LogP contribution in [0.3, 0.4) is 0 Å². The average molecular weight is 278 g/mol. The van der Waals surface area contributed by atoms with Gasteiger partial charge in [-0.05, 0) is 12.8 Å². The third kappa shape index (κ3) is 2.61. The summed E-state index contributed by atoms with van der Waals surface area (Å²) in [5, 5.41) is 18.7. The number of rotatable bonds is 4. The zero-order chi connectivity index (χ0) is 14.6. The van der Waals surface area contributed by atoms with Gasteiger partial charge in [0.2, 0.25) is 5.60 Å². The van der Waals surface area contributed by atoms with Gasteiger partial charge in [-0.3, -0.25) is 0 Å². The summed E-state index contributed by atoms with van der Waals surface area (Å²) < 4.78 is 4.94. The minimum Gasteiger partial charge on any atom is -0.478 e. The molecular formula is C15H18O5. The van der Waals surface area contributed by atoms with Crippen molar-refractivity contribution in [2.75, 3.05) is 0 Å². The highest BCUT2D eigenvalue weighted by molar-refractivity contribution is 5.82. The van der Waals surface area contributed by atoms with Gasteiger partial charge >= 0.3 is 12.1 Å². The summed E-state index contributed by atoms with van der Waals surface area (Å²) in [7, 11) is 0. The molecule has 2 N–H and O–H groups in total. The molecule has 1 fully saturated rings. The number of carboxylic acid groups (broad SMARTS) is 2. The Morgan fingerprint density at radius 2 is 1.65 bits per heavy atom. The first kappa shape index (κ1) is 14.4. The van der Waals surface area contributed by atoms with Gasteiger partial charge in [-0.1, -0.05) is 49.6 Å². The summed E-state index contributed by atoms with van der Waals surface area (Å²) in [6, 6.07) is 8.39. The number of hydrogen-bond donors (Lipinski definition) is 2. The smallest absolute Gasteiger partial charge is 0.478 e. The van der Waals surface area contributed by atoms with Gasteiger partial charge in [0.15, 0.2) is 0 Å². The summed E-state index contributed by atoms with van der Waals surface area (Å²) in [6.45, 7) is 0. The third-order valence-corrected chi connectivity index (χ3v) is 3.95. The van der Waals surface area contributed by atoms with Gasteiger partial charge in [0.1, 0.15) is 0 Å². The predicted octanol–water partition coefficient (Wildman–Crippen LogP) is 3.24. The van der Waals surface area contributed by atoms with E-state index in [1.165, 1.54) is 0 Å². The van der Waals surface area contributed by atoms with E-state index in [2.05, 4.69) is 0 Å². The van der Waals surface area contributed by atoms with Crippen LogP contribution in [-0.4, -0.2) is 22.3 Å². The summed E-state index contributed by atoms with van der Waals surface area (Å²) >= 11 is 0. The van der Waals surface area contributed by atoms with Gasteiger partial charge in [-0.2, -0.15) is 0 Å². The van der Waals surface area contributed by atoms with E-state index in [1.54, 1.807) is 30.3 Å². The van der Waals surface area contributed by atoms with Crippen LogP contribution in [0.2, 0.25) is 0 Å². The van der Waals surface area contributed by atoms with Crippen LogP contribution < -0.4 is 0 Å². The van der Waals surface area contributed by atoms with Crippen LogP contribution >= 0.6 is 0 Å². The van der Waals surface area contributed by atoms with E-state index in [0.29, 0.717) is 18.4 Å². The fourth-order valence-electron chi connectivity index (χ4n) is 3.05. The van der Waals surface area contributed by atoms with E-state index in [0.717, 1.165) is 19.3 Å². The van der Waals surface area contributed by atoms with Gasteiger partial charge in [0.25, 0.3) is 0 Å². The standard InChI is InChI=1S/C15H18O5/c16-13(17)15(20-14(18)19,11-7-3-1-4-8-11)12-9-5-2-6-10-12/h1,3-4,7-8,12H,2,5-6,9-10H2,(H,16,17)(H,18,19). The second-order valence-corrected chi connectivity index (χ2v) is 5.11. The van der Waals surface area contributed by atoms with Crippen LogP contribution in [-0.2, 0) is 15.1 Å². The SMILES string of the molecule is O=C(O)OC(C(=O)O)(c1ccccc1)C1CCCCC1. The van der Waals surface area contributed by atoms with Crippen LogP contribution in [0.1, 0.15) is 37.7 Å². The lowest BCUT2D eigenvalue weighted by molar-refractivity contribution is -0.171. The maximum Gasteiger partial charge on any atom is 0.507 e. The number of hydrogen-bond acceptors (Lipinski definition) is 3. The second kappa shape index (κ2) is 5.94. The molecule has 0 amide bonds. The molecule has 2 rings (SSSR count). The summed E-state index contributed by atoms with van der Waals surface area (Å²) in [5.74, 6) is -1.56. The Hall–Kier alpha value is -2.04. The maximum atomic E-state index is 11.9. The molecule has 0 heterocycles. The molecule has 1 aromatic carbocycles. The van der Waals surface area contributed by atoms with Crippen molar-refractivity contribution in [1.82, 2.24) is 0 Å². The van der Waals surface area contributed by atoms with Crippen molar-refractivity contribution in [3.63, 3.8) is 0 Å². The Bertz CT molecular complexity index is 478. The van der Waals surface area contributed by atoms with Crippen molar-refractivity contribution in [2.24, 2.45) is 5.92 Å². The lowest BCUT2D eigenvalue weighted by Crippen LogP contribution is -2.47. The minimum absolute atomic E-state index is 0.327. The van der Waals surface area contributed by atoms with Crippen molar-refractivity contribution < 1.29 is 24.5 Å². The molecule has 1 aliphatic carbocycles. The summed E-state index contributed by atoms with van der Waals surface area (Å²) in [6.07, 6.45) is 2.61. The number of carbonyl (C=O) groups is 2. The lowest BCUT2D eigenvalue weighted by Gasteiger charge is -2.37. The molecule has 0 spiro atoms. The first-order valence-electron chi connectivity index (χ1n) is 6.78. The van der Waals surface area contributed by atoms with Crippen molar-refractivity contribution in [2.45, 2.75) is 37.7 Å². The van der Waals surface area contributed by atoms with E-state index < -0.39 is 17.7 Å². The monoisotopic (exact) mass is 278 g/mol. The zero-order valence-electron chi connectivity index (χ0n) is 11.1. The molecule has 5 heteroatoms. The number of carboxylic acids is 1. The summed E-state index contributed by atoms with van der Waals surface area (Å²) in [5.41, 5.74) is -1.41. The highest BCUT2D eigenvalue weighted by atomic mass is 16.7. The molecule has 1 saturated carbocycles. The predicted molar refractivity (Wildman–Crippen MR) is 71.4 cm³/mol. The molecular weight excluding hydrogens is 260 g/mol. The van der Waals surface area contributed by atoms with Gasteiger partial charge in [-0.25, -0.2) is 9.59 Å². The molecule has 0 radical (unpaired) electrons. The molecule has 108 valence electrons. The topological polar surface area (TPSA) is 83.8 Å². The zero-order valence-corrected chi connectivity index (χ0v) is 11.1. The molecule has 1 unspecified atom stereocenters. The average Bonchev–Trinajstić information content (AvgIpc) is 2.46. The Morgan fingerprint density at radius 3 is 2.15 bits per heavy atom. The van der Waals surface area contributed by atoms with E-state index in [9.17, 15) is 14.7 Å². The molecule has 0 bridgehead atoms. The molecule has 5 nitrogen and oxygen atoms in total. The van der Waals surface area contributed by atoms with E-state index >= 15 is 0 Å². The Morgan fingerprint density at radius 1 is 1.05 bits per heavy atom. The first-order valence-corrected chi connectivity index (χ1v) is 6.78. The number of benzene rings is 1. The minimum atomic E-state index is -1.80. The van der Waals surface area contributed by atoms with Gasteiger partial charge in [-0.15, -0.1) is 0 Å². The molecule has 1 atom stereocenters. The van der Waals surface area contributed by atoms with Crippen LogP contribution in [0, 0.1) is 5.92 Å². The van der Waals surface area contributed by atoms with E-state index in [-0.39, 0.29) is 5.92 Å². The molecule has 0 aliphatic heterocycles. The van der Waals surface area contributed by atoms with Crippen molar-refractivity contribution >= 4 is 12.1 Å². The first-order chi connectivity index (χ1) is 9.57. The Balaban J connectivity index is 2.49. The van der Waals surface area contributed by atoms with Crippen molar-refractivity contribution in [1.29, 1.82) is 0 Å². The molecule has 0 aromatic heterocycles. The third-order valence-electron chi connectivity index (χ3n) is 3.95. The van der Waals surface area contributed by atoms with E-state index in [4.69, 9.17) is 9.84 Å².